The Balaban J connectivity index is 0.000000573. The minimum absolute atomic E-state index is 0.0363. The Morgan fingerprint density at radius 2 is 1.76 bits per heavy atom. The SMILES string of the molecule is FC1(F)CC1.O=CN1CC2(C1)CN(C(=O)c1onc3ccccc13)CC2c1nnc(C(F)(F)c2ccc(Cl)c(Cl)c2)o1. The predicted molar refractivity (Wildman–Crippen MR) is 141 cm³/mol. The molecule has 2 aliphatic heterocycles. The molecule has 2 aromatic carbocycles. The molecule has 3 aliphatic rings. The molecule has 0 bridgehead atoms. The summed E-state index contributed by atoms with van der Waals surface area (Å²) in [4.78, 5) is 27.8. The molecule has 2 amide bonds. The summed E-state index contributed by atoms with van der Waals surface area (Å²) >= 11 is 11.8. The molecule has 9 nitrogen and oxygen atoms in total. The topological polar surface area (TPSA) is 106 Å². The number of hydrogen-bond acceptors (Lipinski definition) is 7. The van der Waals surface area contributed by atoms with Gasteiger partial charge in [0.05, 0.1) is 21.3 Å². The van der Waals surface area contributed by atoms with Crippen molar-refractivity contribution in [1.82, 2.24) is 25.2 Å². The molecule has 15 heteroatoms. The lowest BCUT2D eigenvalue weighted by atomic mass is 9.72. The fourth-order valence-electron chi connectivity index (χ4n) is 5.22. The Morgan fingerprint density at radius 3 is 2.43 bits per heavy atom. The molecule has 3 fully saturated rings. The molecule has 4 aromatic rings. The number of hydrogen-bond donors (Lipinski definition) is 0. The number of fused-ring (bicyclic) bond motifs is 1. The molecule has 1 spiro atoms. The highest BCUT2D eigenvalue weighted by molar-refractivity contribution is 6.42. The van der Waals surface area contributed by atoms with Crippen LogP contribution in [0.2, 0.25) is 10.0 Å². The van der Waals surface area contributed by atoms with E-state index in [-0.39, 0.29) is 47.6 Å². The van der Waals surface area contributed by atoms with Gasteiger partial charge in [-0.25, -0.2) is 8.78 Å². The van der Waals surface area contributed by atoms with Crippen LogP contribution < -0.4 is 0 Å². The fraction of sp³-hybridized carbons (Fsp3) is 0.370. The molecule has 4 heterocycles. The van der Waals surface area contributed by atoms with Gasteiger partial charge < -0.3 is 18.7 Å². The fourth-order valence-corrected chi connectivity index (χ4v) is 5.52. The Bertz CT molecular complexity index is 1670. The summed E-state index contributed by atoms with van der Waals surface area (Å²) in [5, 5.41) is 12.2. The van der Waals surface area contributed by atoms with Gasteiger partial charge in [-0.15, -0.1) is 10.2 Å². The number of benzene rings is 2. The van der Waals surface area contributed by atoms with Gasteiger partial charge in [-0.05, 0) is 24.3 Å². The van der Waals surface area contributed by atoms with Crippen molar-refractivity contribution in [1.29, 1.82) is 0 Å². The van der Waals surface area contributed by atoms with E-state index in [9.17, 15) is 18.4 Å². The molecule has 7 rings (SSSR count). The second-order valence-electron chi connectivity index (χ2n) is 10.6. The lowest BCUT2D eigenvalue weighted by Gasteiger charge is -2.48. The van der Waals surface area contributed by atoms with E-state index in [0.29, 0.717) is 30.4 Å². The number of likely N-dealkylation sites (tertiary alicyclic amines) is 2. The molecule has 2 saturated heterocycles. The Labute approximate surface area is 245 Å². The third kappa shape index (κ3) is 5.08. The van der Waals surface area contributed by atoms with E-state index < -0.39 is 40.5 Å². The van der Waals surface area contributed by atoms with Crippen molar-refractivity contribution in [2.45, 2.75) is 30.6 Å². The largest absolute Gasteiger partial charge is 0.419 e. The number of amides is 2. The van der Waals surface area contributed by atoms with Gasteiger partial charge in [0, 0.05) is 50.0 Å². The average molecular weight is 626 g/mol. The summed E-state index contributed by atoms with van der Waals surface area (Å²) in [6.07, 6.45) is 0.939. The molecule has 2 aromatic heterocycles. The minimum atomic E-state index is -3.63. The zero-order chi connectivity index (χ0) is 29.9. The van der Waals surface area contributed by atoms with Crippen LogP contribution in [0.1, 0.15) is 46.7 Å². The molecule has 1 unspecified atom stereocenters. The van der Waals surface area contributed by atoms with Crippen LogP contribution in [0.4, 0.5) is 17.6 Å². The molecule has 42 heavy (non-hydrogen) atoms. The van der Waals surface area contributed by atoms with Crippen LogP contribution in [0.5, 0.6) is 0 Å². The van der Waals surface area contributed by atoms with Gasteiger partial charge in [0.1, 0.15) is 5.52 Å². The van der Waals surface area contributed by atoms with Gasteiger partial charge in [0.2, 0.25) is 24.0 Å². The van der Waals surface area contributed by atoms with E-state index >= 15 is 8.78 Å². The van der Waals surface area contributed by atoms with E-state index in [1.54, 1.807) is 29.2 Å². The zero-order valence-electron chi connectivity index (χ0n) is 21.6. The smallest absolute Gasteiger partial charge is 0.349 e. The van der Waals surface area contributed by atoms with Crippen molar-refractivity contribution in [3.63, 3.8) is 0 Å². The second-order valence-corrected chi connectivity index (χ2v) is 11.5. The van der Waals surface area contributed by atoms with Crippen LogP contribution in [0, 0.1) is 5.41 Å². The third-order valence-corrected chi connectivity index (χ3v) is 8.35. The van der Waals surface area contributed by atoms with Gasteiger partial charge in [0.15, 0.2) is 0 Å². The maximum atomic E-state index is 15.2. The summed E-state index contributed by atoms with van der Waals surface area (Å²) in [7, 11) is 0. The molecule has 0 N–H and O–H groups in total. The summed E-state index contributed by atoms with van der Waals surface area (Å²) in [6, 6.07) is 10.4. The number of nitrogens with zero attached hydrogens (tertiary/aromatic N) is 5. The monoisotopic (exact) mass is 625 g/mol. The third-order valence-electron chi connectivity index (χ3n) is 7.62. The molecular formula is C27H21Cl2F4N5O4. The van der Waals surface area contributed by atoms with Gasteiger partial charge in [-0.3, -0.25) is 9.59 Å². The predicted octanol–water partition coefficient (Wildman–Crippen LogP) is 5.77. The van der Waals surface area contributed by atoms with Crippen molar-refractivity contribution in [3.8, 4) is 0 Å². The lowest BCUT2D eigenvalue weighted by molar-refractivity contribution is -0.129. The Hall–Kier alpha value is -3.71. The highest BCUT2D eigenvalue weighted by Gasteiger charge is 2.58. The highest BCUT2D eigenvalue weighted by atomic mass is 35.5. The molecule has 1 atom stereocenters. The normalized spacial score (nSPS) is 20.3. The van der Waals surface area contributed by atoms with Gasteiger partial charge >= 0.3 is 5.92 Å². The van der Waals surface area contributed by atoms with Crippen LogP contribution >= 0.6 is 23.2 Å². The second kappa shape index (κ2) is 10.2. The summed E-state index contributed by atoms with van der Waals surface area (Å²) in [5.41, 5.74) is -0.545. The van der Waals surface area contributed by atoms with Crippen LogP contribution in [0.25, 0.3) is 10.9 Å². The van der Waals surface area contributed by atoms with Crippen molar-refractivity contribution in [2.75, 3.05) is 26.2 Å². The summed E-state index contributed by atoms with van der Waals surface area (Å²) < 4.78 is 63.5. The first-order chi connectivity index (χ1) is 19.9. The van der Waals surface area contributed by atoms with E-state index in [2.05, 4.69) is 15.4 Å². The van der Waals surface area contributed by atoms with Crippen molar-refractivity contribution in [2.24, 2.45) is 5.41 Å². The van der Waals surface area contributed by atoms with E-state index in [1.807, 2.05) is 0 Å². The first kappa shape index (κ1) is 28.4. The number of carbonyl (C=O) groups excluding carboxylic acids is 2. The van der Waals surface area contributed by atoms with Crippen LogP contribution in [0.3, 0.4) is 0 Å². The van der Waals surface area contributed by atoms with Gasteiger partial charge in [0.25, 0.3) is 11.8 Å². The lowest BCUT2D eigenvalue weighted by Crippen LogP contribution is -2.59. The Kier molecular flexibility index (Phi) is 6.92. The first-order valence-electron chi connectivity index (χ1n) is 12.8. The molecule has 220 valence electrons. The summed E-state index contributed by atoms with van der Waals surface area (Å²) in [5.74, 6) is -7.73. The summed E-state index contributed by atoms with van der Waals surface area (Å²) in [6.45, 7) is 0.975. The molecule has 0 radical (unpaired) electrons. The first-order valence-corrected chi connectivity index (χ1v) is 13.6. The Morgan fingerprint density at radius 1 is 1.05 bits per heavy atom. The average Bonchev–Trinajstić information content (AvgIpc) is 3.37. The zero-order valence-corrected chi connectivity index (χ0v) is 23.1. The maximum absolute atomic E-state index is 15.2. The quantitative estimate of drug-likeness (QED) is 0.205. The van der Waals surface area contributed by atoms with Crippen LogP contribution in [0.15, 0.2) is 51.4 Å². The maximum Gasteiger partial charge on any atom is 0.349 e. The molecule has 1 aliphatic carbocycles. The van der Waals surface area contributed by atoms with Crippen molar-refractivity contribution >= 4 is 46.4 Å². The van der Waals surface area contributed by atoms with Gasteiger partial charge in [-0.1, -0.05) is 46.6 Å². The van der Waals surface area contributed by atoms with Gasteiger partial charge in [-0.2, -0.15) is 8.78 Å². The molecular weight excluding hydrogens is 605 g/mol. The minimum Gasteiger partial charge on any atom is -0.419 e. The van der Waals surface area contributed by atoms with E-state index in [1.165, 1.54) is 11.0 Å². The molecule has 1 saturated carbocycles. The van der Waals surface area contributed by atoms with Crippen molar-refractivity contribution < 1.29 is 36.1 Å². The van der Waals surface area contributed by atoms with Crippen molar-refractivity contribution in [3.05, 3.63) is 75.6 Å². The number of aromatic nitrogens is 3. The van der Waals surface area contributed by atoms with E-state index in [0.717, 1.165) is 12.1 Å². The van der Waals surface area contributed by atoms with Crippen LogP contribution in [-0.4, -0.2) is 69.6 Å². The number of alkyl halides is 4. The van der Waals surface area contributed by atoms with Crippen LogP contribution in [-0.2, 0) is 10.7 Å². The highest BCUT2D eigenvalue weighted by Crippen LogP contribution is 2.49. The standard InChI is InChI=1S/C24H17Cl2F2N5O4.C3H4F2/c25-16-6-5-13(7-17(16)26)24(27,28)22-30-29-20(36-22)15-8-33(11-23(15)9-32(10-23)12-34)21(35)19-14-3-1-2-4-18(14)31-37-19;4-3(5)1-2-3/h1-7,12,15H,8-11H2;1-2H2. The van der Waals surface area contributed by atoms with E-state index in [4.69, 9.17) is 32.1 Å². The number of halogens is 6. The number of rotatable bonds is 5. The number of carbonyl (C=O) groups is 2.